The summed E-state index contributed by atoms with van der Waals surface area (Å²) in [5.41, 5.74) is 0. The predicted molar refractivity (Wildman–Crippen MR) is 55.1 cm³/mol. The van der Waals surface area contributed by atoms with E-state index in [1.165, 1.54) is 0 Å². The van der Waals surface area contributed by atoms with Crippen LogP contribution in [0.3, 0.4) is 0 Å². The molecule has 0 aliphatic carbocycles. The average Bonchev–Trinajstić information content (AvgIpc) is 2.11. The van der Waals surface area contributed by atoms with Crippen LogP contribution in [0.1, 0.15) is 20.8 Å². The third-order valence-corrected chi connectivity index (χ3v) is 20.5. The van der Waals surface area contributed by atoms with Gasteiger partial charge in [-0.3, -0.25) is 0 Å². The Bertz CT molecular complexity index is 262. The van der Waals surface area contributed by atoms with Crippen molar-refractivity contribution in [3.63, 3.8) is 0 Å². The van der Waals surface area contributed by atoms with Gasteiger partial charge in [0.15, 0.2) is 0 Å². The van der Waals surface area contributed by atoms with Crippen LogP contribution in [0.5, 0.6) is 0 Å². The zero-order valence-corrected chi connectivity index (χ0v) is 12.2. The molecule has 94 valence electrons. The molecular weight excluding hydrogens is 334 g/mol. The zero-order chi connectivity index (χ0) is 12.3. The first-order valence-corrected chi connectivity index (χ1v) is 12.2. The van der Waals surface area contributed by atoms with E-state index < -0.39 is 35.7 Å². The Morgan fingerprint density at radius 3 is 1.60 bits per heavy atom. The van der Waals surface area contributed by atoms with Gasteiger partial charge < -0.3 is 0 Å². The number of alkyl halides is 4. The predicted octanol–water partition coefficient (Wildman–Crippen LogP) is -2.21. The van der Waals surface area contributed by atoms with Crippen molar-refractivity contribution in [3.05, 3.63) is 0 Å². The van der Waals surface area contributed by atoms with Crippen molar-refractivity contribution in [1.29, 1.82) is 0 Å². The molecule has 0 bridgehead atoms. The Morgan fingerprint density at radius 1 is 1.20 bits per heavy atom. The van der Waals surface area contributed by atoms with Crippen LogP contribution in [0.2, 0.25) is 0 Å². The summed E-state index contributed by atoms with van der Waals surface area (Å²) in [6, 6.07) is 0. The fourth-order valence-corrected chi connectivity index (χ4v) is 16.7. The number of hydrogen-bond acceptors (Lipinski definition) is 2. The number of halogens is 1. The first kappa shape index (κ1) is 15.3. The van der Waals surface area contributed by atoms with E-state index in [0.29, 0.717) is 13.3 Å². The van der Waals surface area contributed by atoms with Gasteiger partial charge in [-0.1, -0.05) is 0 Å². The third-order valence-electron chi connectivity index (χ3n) is 2.53. The van der Waals surface area contributed by atoms with E-state index in [-0.39, 0.29) is 0 Å². The molecule has 0 aromatic rings. The molecular formula is C8H19IO5P-. The van der Waals surface area contributed by atoms with Crippen molar-refractivity contribution in [2.45, 2.75) is 24.4 Å². The van der Waals surface area contributed by atoms with Crippen molar-refractivity contribution >= 4 is 13.6 Å². The van der Waals surface area contributed by atoms with E-state index in [1.807, 2.05) is 20.8 Å². The minimum atomic E-state index is -4.52. The van der Waals surface area contributed by atoms with Crippen LogP contribution < -0.4 is 18.4 Å². The van der Waals surface area contributed by atoms with Gasteiger partial charge in [0.2, 0.25) is 0 Å². The minimum absolute atomic E-state index is 0.627. The standard InChI is InChI=1S/C8H19IO5P/c1-4-9(5-2,6-3)7(8(10)11)15(12,13)14/h7H,4-6H2,1-3H3,(H,10,11)(H2,12,13,14)/q-1. The monoisotopic (exact) mass is 353 g/mol. The molecule has 0 aromatic carbocycles. The van der Waals surface area contributed by atoms with Crippen molar-refractivity contribution < 1.29 is 42.7 Å². The van der Waals surface area contributed by atoms with Gasteiger partial charge in [-0.15, -0.1) is 0 Å². The molecule has 0 rings (SSSR count). The van der Waals surface area contributed by atoms with Gasteiger partial charge in [0.25, 0.3) is 0 Å². The molecule has 0 saturated carbocycles. The maximum atomic E-state index is 11.3. The summed E-state index contributed by atoms with van der Waals surface area (Å²) in [5.74, 6) is -1.33. The van der Waals surface area contributed by atoms with E-state index in [2.05, 4.69) is 0 Å². The van der Waals surface area contributed by atoms with Gasteiger partial charge in [-0.25, -0.2) is 0 Å². The topological polar surface area (TPSA) is 94.8 Å². The molecule has 15 heavy (non-hydrogen) atoms. The van der Waals surface area contributed by atoms with Crippen LogP contribution in [0.25, 0.3) is 0 Å². The molecule has 0 aliphatic rings. The van der Waals surface area contributed by atoms with Crippen LogP contribution in [0.4, 0.5) is 0 Å². The average molecular weight is 353 g/mol. The van der Waals surface area contributed by atoms with Crippen molar-refractivity contribution in [2.75, 3.05) is 13.3 Å². The van der Waals surface area contributed by atoms with E-state index in [4.69, 9.17) is 14.9 Å². The summed E-state index contributed by atoms with van der Waals surface area (Å²) in [5, 5.41) is 8.99. The second-order valence-electron chi connectivity index (χ2n) is 3.09. The SMILES string of the molecule is CC[I-](CC)(CC)C(C(=O)O)P(=O)(O)O. The van der Waals surface area contributed by atoms with Crippen LogP contribution in [0.15, 0.2) is 0 Å². The molecule has 0 aliphatic heterocycles. The van der Waals surface area contributed by atoms with Crippen LogP contribution >= 0.6 is 7.60 Å². The van der Waals surface area contributed by atoms with Gasteiger partial charge in [-0.05, 0) is 0 Å². The van der Waals surface area contributed by atoms with Crippen LogP contribution in [0, 0.1) is 0 Å². The van der Waals surface area contributed by atoms with Crippen LogP contribution in [-0.2, 0) is 9.36 Å². The first-order valence-electron chi connectivity index (χ1n) is 4.70. The van der Waals surface area contributed by atoms with Gasteiger partial charge in [0.05, 0.1) is 0 Å². The molecule has 1 atom stereocenters. The summed E-state index contributed by atoms with van der Waals surface area (Å²) >= 11 is -2.88. The van der Waals surface area contributed by atoms with Gasteiger partial charge in [-0.2, -0.15) is 0 Å². The molecule has 0 aromatic heterocycles. The second kappa shape index (κ2) is 5.61. The van der Waals surface area contributed by atoms with E-state index in [0.717, 1.165) is 0 Å². The number of rotatable bonds is 6. The summed E-state index contributed by atoms with van der Waals surface area (Å²) in [6.45, 7) is 5.53. The number of carboxylic acid groups (broad SMARTS) is 1. The van der Waals surface area contributed by atoms with Crippen molar-refractivity contribution in [2.24, 2.45) is 0 Å². The van der Waals surface area contributed by atoms with E-state index in [9.17, 15) is 9.36 Å². The van der Waals surface area contributed by atoms with Gasteiger partial charge in [0, 0.05) is 0 Å². The molecule has 0 radical (unpaired) electrons. The summed E-state index contributed by atoms with van der Waals surface area (Å²) in [7, 11) is -4.52. The normalized spacial score (nSPS) is 16.1. The molecule has 0 fully saturated rings. The van der Waals surface area contributed by atoms with Crippen molar-refractivity contribution in [3.8, 4) is 0 Å². The molecule has 0 saturated heterocycles. The fourth-order valence-electron chi connectivity index (χ4n) is 1.62. The Morgan fingerprint density at radius 2 is 1.53 bits per heavy atom. The summed E-state index contributed by atoms with van der Waals surface area (Å²) in [6.07, 6.45) is 0. The molecule has 7 heteroatoms. The number of carbonyl (C=O) groups is 1. The van der Waals surface area contributed by atoms with Crippen molar-refractivity contribution in [1.82, 2.24) is 0 Å². The van der Waals surface area contributed by atoms with Crippen LogP contribution in [-0.4, -0.2) is 37.8 Å². The van der Waals surface area contributed by atoms with E-state index in [1.54, 1.807) is 0 Å². The molecule has 1 unspecified atom stereocenters. The number of carboxylic acids is 1. The Hall–Kier alpha value is 0.350. The van der Waals surface area contributed by atoms with Gasteiger partial charge >= 0.3 is 94.0 Å². The molecule has 0 spiro atoms. The Labute approximate surface area is 93.9 Å². The molecule has 5 nitrogen and oxygen atoms in total. The Balaban J connectivity index is 5.39. The first-order chi connectivity index (χ1) is 6.75. The molecule has 3 N–H and O–H groups in total. The summed E-state index contributed by atoms with van der Waals surface area (Å²) in [4.78, 5) is 29.3. The quantitative estimate of drug-likeness (QED) is 0.286. The summed E-state index contributed by atoms with van der Waals surface area (Å²) < 4.78 is 11.7. The third kappa shape index (κ3) is 3.41. The van der Waals surface area contributed by atoms with E-state index >= 15 is 0 Å². The number of aliphatic carboxylic acids is 1. The van der Waals surface area contributed by atoms with Gasteiger partial charge in [0.1, 0.15) is 0 Å². The second-order valence-corrected chi connectivity index (χ2v) is 17.5. The Kier molecular flexibility index (Phi) is 5.74. The maximum absolute atomic E-state index is 11.3. The number of hydrogen-bond donors (Lipinski definition) is 3. The molecule has 0 amide bonds. The fraction of sp³-hybridized carbons (Fsp3) is 0.875. The molecule has 0 heterocycles. The zero-order valence-electron chi connectivity index (χ0n) is 9.18.